The lowest BCUT2D eigenvalue weighted by Crippen LogP contribution is -2.15. The summed E-state index contributed by atoms with van der Waals surface area (Å²) in [7, 11) is 1.58. The Morgan fingerprint density at radius 1 is 1.32 bits per heavy atom. The van der Waals surface area contributed by atoms with Gasteiger partial charge in [-0.3, -0.25) is 0 Å². The Balaban J connectivity index is 2.48. The Hall–Kier alpha value is -1.53. The van der Waals surface area contributed by atoms with Crippen LogP contribution < -0.4 is 10.5 Å². The molecule has 19 heavy (non-hydrogen) atoms. The molecule has 0 fully saturated rings. The monoisotopic (exact) mass is 278 g/mol. The molecule has 2 aromatic heterocycles. The molecule has 0 aliphatic heterocycles. The maximum atomic E-state index is 5.81. The molecule has 0 amide bonds. The molecule has 0 spiro atoms. The minimum atomic E-state index is -0.0272. The van der Waals surface area contributed by atoms with Gasteiger partial charge >= 0.3 is 0 Å². The molecule has 0 atom stereocenters. The minimum absolute atomic E-state index is 0.0272. The molecule has 2 heterocycles. The molecule has 2 aromatic rings. The highest BCUT2D eigenvalue weighted by Crippen LogP contribution is 2.33. The van der Waals surface area contributed by atoms with Gasteiger partial charge in [-0.05, 0) is 0 Å². The van der Waals surface area contributed by atoms with Crippen molar-refractivity contribution in [2.75, 3.05) is 7.11 Å². The maximum Gasteiger partial charge on any atom is 0.216 e. The highest BCUT2D eigenvalue weighted by molar-refractivity contribution is 7.15. The molecular weight excluding hydrogens is 260 g/mol. The van der Waals surface area contributed by atoms with Crippen LogP contribution in [0.2, 0.25) is 0 Å². The van der Waals surface area contributed by atoms with Crippen molar-refractivity contribution >= 4 is 11.3 Å². The number of hydrogen-bond donors (Lipinski definition) is 1. The SMILES string of the molecule is COc1cc(-c2nc(C(C)(C)C)c(CN)s2)ncn1. The third-order valence-electron chi connectivity index (χ3n) is 2.66. The Morgan fingerprint density at radius 3 is 2.58 bits per heavy atom. The van der Waals surface area contributed by atoms with E-state index in [9.17, 15) is 0 Å². The fourth-order valence-electron chi connectivity index (χ4n) is 1.75. The number of ether oxygens (including phenoxy) is 1. The molecule has 0 bridgehead atoms. The summed E-state index contributed by atoms with van der Waals surface area (Å²) in [6.45, 7) is 6.88. The first-order valence-corrected chi connectivity index (χ1v) is 6.84. The van der Waals surface area contributed by atoms with Crippen LogP contribution in [-0.4, -0.2) is 22.1 Å². The van der Waals surface area contributed by atoms with E-state index >= 15 is 0 Å². The van der Waals surface area contributed by atoms with Gasteiger partial charge in [0.1, 0.15) is 17.0 Å². The van der Waals surface area contributed by atoms with E-state index in [1.165, 1.54) is 6.33 Å². The summed E-state index contributed by atoms with van der Waals surface area (Å²) < 4.78 is 5.11. The summed E-state index contributed by atoms with van der Waals surface area (Å²) in [6.07, 6.45) is 1.48. The topological polar surface area (TPSA) is 73.9 Å². The van der Waals surface area contributed by atoms with E-state index < -0.39 is 0 Å². The lowest BCUT2D eigenvalue weighted by atomic mass is 9.91. The van der Waals surface area contributed by atoms with E-state index in [2.05, 4.69) is 30.7 Å². The van der Waals surface area contributed by atoms with Gasteiger partial charge in [0.15, 0.2) is 0 Å². The number of nitrogens with zero attached hydrogens (tertiary/aromatic N) is 3. The average Bonchev–Trinajstić information content (AvgIpc) is 2.83. The first kappa shape index (κ1) is 13.9. The largest absolute Gasteiger partial charge is 0.481 e. The van der Waals surface area contributed by atoms with E-state index in [1.807, 2.05) is 0 Å². The fraction of sp³-hybridized carbons (Fsp3) is 0.462. The Labute approximate surface area is 116 Å². The molecule has 102 valence electrons. The predicted octanol–water partition coefficient (Wildman–Crippen LogP) is 2.36. The van der Waals surface area contributed by atoms with Gasteiger partial charge < -0.3 is 10.5 Å². The standard InChI is InChI=1S/C13H18N4OS/c1-13(2,3)11-9(6-14)19-12(17-11)8-5-10(18-4)16-7-15-8/h5,7H,6,14H2,1-4H3. The summed E-state index contributed by atoms with van der Waals surface area (Å²) in [5, 5.41) is 0.853. The Morgan fingerprint density at radius 2 is 2.05 bits per heavy atom. The molecule has 0 aliphatic rings. The number of nitrogens with two attached hydrogens (primary N) is 1. The molecule has 2 rings (SSSR count). The predicted molar refractivity (Wildman–Crippen MR) is 76.3 cm³/mol. The molecule has 0 saturated carbocycles. The smallest absolute Gasteiger partial charge is 0.216 e. The molecule has 0 saturated heterocycles. The van der Waals surface area contributed by atoms with Gasteiger partial charge in [0, 0.05) is 22.9 Å². The van der Waals surface area contributed by atoms with Crippen LogP contribution in [0.3, 0.4) is 0 Å². The molecule has 0 aliphatic carbocycles. The third-order valence-corrected chi connectivity index (χ3v) is 3.76. The fourth-order valence-corrected chi connectivity index (χ4v) is 2.87. The number of aromatic nitrogens is 3. The first-order chi connectivity index (χ1) is 8.95. The van der Waals surface area contributed by atoms with Crippen molar-refractivity contribution in [3.05, 3.63) is 23.0 Å². The van der Waals surface area contributed by atoms with Crippen molar-refractivity contribution < 1.29 is 4.74 Å². The molecule has 2 N–H and O–H groups in total. The summed E-state index contributed by atoms with van der Waals surface area (Å²) >= 11 is 1.58. The maximum absolute atomic E-state index is 5.81. The Bertz CT molecular complexity index is 574. The zero-order valence-electron chi connectivity index (χ0n) is 11.6. The van der Waals surface area contributed by atoms with E-state index in [0.29, 0.717) is 12.4 Å². The number of rotatable bonds is 3. The lowest BCUT2D eigenvalue weighted by molar-refractivity contribution is 0.397. The Kier molecular flexibility index (Phi) is 3.82. The van der Waals surface area contributed by atoms with Gasteiger partial charge in [-0.2, -0.15) is 0 Å². The van der Waals surface area contributed by atoms with Crippen LogP contribution in [0, 0.1) is 0 Å². The summed E-state index contributed by atoms with van der Waals surface area (Å²) in [5.74, 6) is 0.534. The normalized spacial score (nSPS) is 11.6. The van der Waals surface area contributed by atoms with Crippen LogP contribution in [0.25, 0.3) is 10.7 Å². The van der Waals surface area contributed by atoms with Crippen molar-refractivity contribution in [2.45, 2.75) is 32.7 Å². The van der Waals surface area contributed by atoms with Crippen molar-refractivity contribution in [3.8, 4) is 16.6 Å². The molecule has 0 unspecified atom stereocenters. The molecular formula is C13H18N4OS. The molecule has 0 aromatic carbocycles. The lowest BCUT2D eigenvalue weighted by Gasteiger charge is -2.16. The number of thiazole rings is 1. The summed E-state index contributed by atoms with van der Waals surface area (Å²) in [5.41, 5.74) is 7.58. The second-order valence-corrected chi connectivity index (χ2v) is 6.27. The quantitative estimate of drug-likeness (QED) is 0.933. The van der Waals surface area contributed by atoms with Crippen LogP contribution >= 0.6 is 11.3 Å². The number of hydrogen-bond acceptors (Lipinski definition) is 6. The van der Waals surface area contributed by atoms with Gasteiger partial charge in [0.2, 0.25) is 5.88 Å². The van der Waals surface area contributed by atoms with Crippen LogP contribution in [-0.2, 0) is 12.0 Å². The number of methoxy groups -OCH3 is 1. The molecule has 6 heteroatoms. The van der Waals surface area contributed by atoms with Gasteiger partial charge in [-0.15, -0.1) is 11.3 Å². The van der Waals surface area contributed by atoms with Gasteiger partial charge in [-0.1, -0.05) is 20.8 Å². The zero-order chi connectivity index (χ0) is 14.0. The van der Waals surface area contributed by atoms with Crippen LogP contribution in [0.1, 0.15) is 31.3 Å². The van der Waals surface area contributed by atoms with Gasteiger partial charge in [0.05, 0.1) is 12.8 Å². The highest BCUT2D eigenvalue weighted by Gasteiger charge is 2.23. The van der Waals surface area contributed by atoms with Crippen molar-refractivity contribution in [3.63, 3.8) is 0 Å². The van der Waals surface area contributed by atoms with Gasteiger partial charge in [0.25, 0.3) is 0 Å². The van der Waals surface area contributed by atoms with Crippen LogP contribution in [0.15, 0.2) is 12.4 Å². The van der Waals surface area contributed by atoms with E-state index in [0.717, 1.165) is 21.3 Å². The average molecular weight is 278 g/mol. The second kappa shape index (κ2) is 5.22. The second-order valence-electron chi connectivity index (χ2n) is 5.19. The van der Waals surface area contributed by atoms with Gasteiger partial charge in [-0.25, -0.2) is 15.0 Å². The van der Waals surface area contributed by atoms with Crippen molar-refractivity contribution in [1.29, 1.82) is 0 Å². The van der Waals surface area contributed by atoms with E-state index in [4.69, 9.17) is 15.5 Å². The van der Waals surface area contributed by atoms with Crippen LogP contribution in [0.5, 0.6) is 5.88 Å². The minimum Gasteiger partial charge on any atom is -0.481 e. The highest BCUT2D eigenvalue weighted by atomic mass is 32.1. The van der Waals surface area contributed by atoms with Crippen LogP contribution in [0.4, 0.5) is 0 Å². The zero-order valence-corrected chi connectivity index (χ0v) is 12.4. The first-order valence-electron chi connectivity index (χ1n) is 6.02. The molecule has 0 radical (unpaired) electrons. The summed E-state index contributed by atoms with van der Waals surface area (Å²) in [6, 6.07) is 1.78. The third kappa shape index (κ3) is 2.90. The van der Waals surface area contributed by atoms with E-state index in [1.54, 1.807) is 24.5 Å². The summed E-state index contributed by atoms with van der Waals surface area (Å²) in [4.78, 5) is 14.0. The van der Waals surface area contributed by atoms with E-state index in [-0.39, 0.29) is 5.41 Å². The van der Waals surface area contributed by atoms with Crippen molar-refractivity contribution in [2.24, 2.45) is 5.73 Å². The molecule has 5 nitrogen and oxygen atoms in total. The van der Waals surface area contributed by atoms with Crippen molar-refractivity contribution in [1.82, 2.24) is 15.0 Å².